The summed E-state index contributed by atoms with van der Waals surface area (Å²) in [5.41, 5.74) is 2.24. The van der Waals surface area contributed by atoms with Crippen molar-refractivity contribution in [3.05, 3.63) is 65.0 Å². The molecule has 0 atom stereocenters. The molecule has 0 bridgehead atoms. The quantitative estimate of drug-likeness (QED) is 0.871. The third-order valence-corrected chi connectivity index (χ3v) is 2.98. The van der Waals surface area contributed by atoms with Crippen LogP contribution >= 0.6 is 0 Å². The zero-order chi connectivity index (χ0) is 15.1. The lowest BCUT2D eigenvalue weighted by Gasteiger charge is -2.09. The first-order chi connectivity index (χ1) is 10.2. The number of halogens is 1. The van der Waals surface area contributed by atoms with Crippen LogP contribution in [-0.2, 0) is 6.61 Å². The summed E-state index contributed by atoms with van der Waals surface area (Å²) >= 11 is 0. The van der Waals surface area contributed by atoms with Gasteiger partial charge in [0.2, 0.25) is 0 Å². The Morgan fingerprint density at radius 3 is 2.76 bits per heavy atom. The molecule has 2 rings (SSSR count). The molecular weight excluding hydrogens is 267 g/mol. The molecule has 1 N–H and O–H groups in total. The van der Waals surface area contributed by atoms with Crippen LogP contribution in [0.4, 0.5) is 4.39 Å². The predicted molar refractivity (Wildman–Crippen MR) is 80.5 cm³/mol. The third kappa shape index (κ3) is 4.34. The van der Waals surface area contributed by atoms with Crippen molar-refractivity contribution in [3.63, 3.8) is 0 Å². The Bertz CT molecular complexity index is 668. The van der Waals surface area contributed by atoms with Crippen molar-refractivity contribution in [1.29, 1.82) is 0 Å². The molecule has 108 valence electrons. The molecule has 0 heterocycles. The summed E-state index contributed by atoms with van der Waals surface area (Å²) in [4.78, 5) is 0. The van der Waals surface area contributed by atoms with E-state index in [1.165, 1.54) is 6.07 Å². The summed E-state index contributed by atoms with van der Waals surface area (Å²) in [5, 5.41) is 8.69. The molecule has 0 aliphatic carbocycles. The maximum absolute atomic E-state index is 13.6. The number of aliphatic hydroxyl groups is 1. The van der Waals surface area contributed by atoms with Crippen LogP contribution < -0.4 is 4.74 Å². The lowest BCUT2D eigenvalue weighted by Crippen LogP contribution is -1.98. The van der Waals surface area contributed by atoms with Crippen LogP contribution in [0.5, 0.6) is 5.75 Å². The second-order valence-corrected chi connectivity index (χ2v) is 4.64. The number of hydrogen-bond donors (Lipinski definition) is 1. The standard InChI is InChI=1S/C18H17FO2/c1-14-6-2-3-8-18(14)21-13-15-9-10-17(19)16(12-15)7-4-5-11-20/h2-3,6,8-10,12,20H,5,11,13H2,1H3. The predicted octanol–water partition coefficient (Wildman–Crippen LogP) is 3.45. The Morgan fingerprint density at radius 2 is 2.00 bits per heavy atom. The second-order valence-electron chi connectivity index (χ2n) is 4.64. The Morgan fingerprint density at radius 1 is 1.19 bits per heavy atom. The smallest absolute Gasteiger partial charge is 0.138 e. The van der Waals surface area contributed by atoms with E-state index in [9.17, 15) is 4.39 Å². The van der Waals surface area contributed by atoms with E-state index < -0.39 is 0 Å². The Kier molecular flexibility index (Phi) is 5.36. The molecule has 2 aromatic carbocycles. The highest BCUT2D eigenvalue weighted by Gasteiger charge is 2.03. The molecule has 3 heteroatoms. The van der Waals surface area contributed by atoms with E-state index in [1.807, 2.05) is 31.2 Å². The molecule has 0 saturated carbocycles. The van der Waals surface area contributed by atoms with E-state index in [0.29, 0.717) is 18.6 Å². The highest BCUT2D eigenvalue weighted by Crippen LogP contribution is 2.18. The van der Waals surface area contributed by atoms with Gasteiger partial charge >= 0.3 is 0 Å². The second kappa shape index (κ2) is 7.47. The van der Waals surface area contributed by atoms with Crippen molar-refractivity contribution in [2.45, 2.75) is 20.0 Å². The zero-order valence-corrected chi connectivity index (χ0v) is 11.9. The SMILES string of the molecule is Cc1ccccc1OCc1ccc(F)c(C#CCCO)c1. The minimum Gasteiger partial charge on any atom is -0.489 e. The summed E-state index contributed by atoms with van der Waals surface area (Å²) in [6.07, 6.45) is 0.337. The minimum atomic E-state index is -0.361. The van der Waals surface area contributed by atoms with Gasteiger partial charge in [0.15, 0.2) is 0 Å². The molecule has 0 saturated heterocycles. The van der Waals surface area contributed by atoms with Crippen LogP contribution in [0.3, 0.4) is 0 Å². The first kappa shape index (κ1) is 15.1. The summed E-state index contributed by atoms with van der Waals surface area (Å²) in [7, 11) is 0. The van der Waals surface area contributed by atoms with E-state index in [1.54, 1.807) is 12.1 Å². The number of hydrogen-bond acceptors (Lipinski definition) is 2. The first-order valence-electron chi connectivity index (χ1n) is 6.77. The molecule has 2 nitrogen and oxygen atoms in total. The summed E-state index contributed by atoms with van der Waals surface area (Å²) < 4.78 is 19.4. The molecule has 0 aliphatic rings. The van der Waals surface area contributed by atoms with Crippen LogP contribution in [0.2, 0.25) is 0 Å². The number of aliphatic hydroxyl groups excluding tert-OH is 1. The minimum absolute atomic E-state index is 0.0231. The Labute approximate surface area is 124 Å². The molecule has 0 radical (unpaired) electrons. The van der Waals surface area contributed by atoms with E-state index in [4.69, 9.17) is 9.84 Å². The maximum atomic E-state index is 13.6. The fraction of sp³-hybridized carbons (Fsp3) is 0.222. The number of rotatable bonds is 4. The fourth-order valence-corrected chi connectivity index (χ4v) is 1.85. The van der Waals surface area contributed by atoms with Gasteiger partial charge in [0, 0.05) is 6.42 Å². The van der Waals surface area contributed by atoms with Crippen molar-refractivity contribution in [3.8, 4) is 17.6 Å². The van der Waals surface area contributed by atoms with Gasteiger partial charge in [-0.25, -0.2) is 4.39 Å². The Balaban J connectivity index is 2.09. The van der Waals surface area contributed by atoms with Crippen molar-refractivity contribution in [1.82, 2.24) is 0 Å². The first-order valence-corrected chi connectivity index (χ1v) is 6.77. The summed E-state index contributed by atoms with van der Waals surface area (Å²) in [6.45, 7) is 2.32. The summed E-state index contributed by atoms with van der Waals surface area (Å²) in [5.74, 6) is 5.90. The van der Waals surface area contributed by atoms with Gasteiger partial charge < -0.3 is 9.84 Å². The lowest BCUT2D eigenvalue weighted by atomic mass is 10.1. The van der Waals surface area contributed by atoms with Gasteiger partial charge in [-0.05, 0) is 36.2 Å². The zero-order valence-electron chi connectivity index (χ0n) is 11.9. The van der Waals surface area contributed by atoms with Gasteiger partial charge in [-0.2, -0.15) is 0 Å². The van der Waals surface area contributed by atoms with Gasteiger partial charge in [0.05, 0.1) is 12.2 Å². The number of ether oxygens (including phenoxy) is 1. The van der Waals surface area contributed by atoms with E-state index >= 15 is 0 Å². The largest absolute Gasteiger partial charge is 0.489 e. The topological polar surface area (TPSA) is 29.5 Å². The van der Waals surface area contributed by atoms with Gasteiger partial charge in [-0.3, -0.25) is 0 Å². The van der Waals surface area contributed by atoms with Gasteiger partial charge in [0.25, 0.3) is 0 Å². The molecule has 0 spiro atoms. The van der Waals surface area contributed by atoms with Gasteiger partial charge in [0.1, 0.15) is 18.2 Å². The summed E-state index contributed by atoms with van der Waals surface area (Å²) in [6, 6.07) is 12.5. The average molecular weight is 284 g/mol. The highest BCUT2D eigenvalue weighted by molar-refractivity contribution is 5.39. The number of aryl methyl sites for hydroxylation is 1. The molecule has 0 aliphatic heterocycles. The lowest BCUT2D eigenvalue weighted by molar-refractivity contribution is 0.304. The Hall–Kier alpha value is -2.31. The van der Waals surface area contributed by atoms with Crippen LogP contribution in [0.15, 0.2) is 42.5 Å². The van der Waals surface area contributed by atoms with Crippen molar-refractivity contribution < 1.29 is 14.2 Å². The normalized spacial score (nSPS) is 9.86. The van der Waals surface area contributed by atoms with E-state index in [0.717, 1.165) is 16.9 Å². The van der Waals surface area contributed by atoms with Crippen molar-refractivity contribution >= 4 is 0 Å². The van der Waals surface area contributed by atoms with Crippen LogP contribution in [-0.4, -0.2) is 11.7 Å². The molecular formula is C18H17FO2. The molecule has 0 aromatic heterocycles. The van der Waals surface area contributed by atoms with Crippen LogP contribution in [0.1, 0.15) is 23.1 Å². The molecule has 0 fully saturated rings. The third-order valence-electron chi connectivity index (χ3n) is 2.98. The van der Waals surface area contributed by atoms with Crippen LogP contribution in [0, 0.1) is 24.6 Å². The van der Waals surface area contributed by atoms with Crippen molar-refractivity contribution in [2.75, 3.05) is 6.61 Å². The average Bonchev–Trinajstić information content (AvgIpc) is 2.49. The van der Waals surface area contributed by atoms with E-state index in [2.05, 4.69) is 11.8 Å². The molecule has 2 aromatic rings. The van der Waals surface area contributed by atoms with Crippen molar-refractivity contribution in [2.24, 2.45) is 0 Å². The monoisotopic (exact) mass is 284 g/mol. The van der Waals surface area contributed by atoms with Gasteiger partial charge in [-0.1, -0.05) is 36.1 Å². The highest BCUT2D eigenvalue weighted by atomic mass is 19.1. The van der Waals surface area contributed by atoms with Gasteiger partial charge in [-0.15, -0.1) is 0 Å². The molecule has 0 amide bonds. The fourth-order valence-electron chi connectivity index (χ4n) is 1.85. The number of benzene rings is 2. The molecule has 0 unspecified atom stereocenters. The van der Waals surface area contributed by atoms with Crippen LogP contribution in [0.25, 0.3) is 0 Å². The molecule has 21 heavy (non-hydrogen) atoms. The maximum Gasteiger partial charge on any atom is 0.138 e. The number of para-hydroxylation sites is 1. The van der Waals surface area contributed by atoms with E-state index in [-0.39, 0.29) is 12.4 Å².